The summed E-state index contributed by atoms with van der Waals surface area (Å²) in [6.07, 6.45) is -0.102. The minimum absolute atomic E-state index is 0.0144. The second-order valence-corrected chi connectivity index (χ2v) is 7.96. The largest absolute Gasteiger partial charge is 0.392 e. The van der Waals surface area contributed by atoms with Gasteiger partial charge in [0.25, 0.3) is 0 Å². The van der Waals surface area contributed by atoms with Gasteiger partial charge in [-0.25, -0.2) is 8.42 Å². The molecular weight excluding hydrogens is 304 g/mol. The van der Waals surface area contributed by atoms with E-state index in [4.69, 9.17) is 0 Å². The van der Waals surface area contributed by atoms with Gasteiger partial charge in [-0.15, -0.1) is 0 Å². The molecule has 0 spiro atoms. The zero-order valence-electron chi connectivity index (χ0n) is 12.6. The van der Waals surface area contributed by atoms with Crippen molar-refractivity contribution >= 4 is 21.4 Å². The molecule has 2 rings (SSSR count). The van der Waals surface area contributed by atoms with Crippen molar-refractivity contribution in [1.82, 2.24) is 5.32 Å². The van der Waals surface area contributed by atoms with E-state index in [1.807, 2.05) is 30.3 Å². The maximum Gasteiger partial charge on any atom is 0.239 e. The summed E-state index contributed by atoms with van der Waals surface area (Å²) < 4.78 is 22.8. The second-order valence-electron chi connectivity index (χ2n) is 5.73. The number of anilines is 1. The highest BCUT2D eigenvalue weighted by Crippen LogP contribution is 2.14. The first-order chi connectivity index (χ1) is 10.4. The molecule has 1 aliphatic heterocycles. The number of hydrogen-bond acceptors (Lipinski definition) is 5. The minimum Gasteiger partial charge on any atom is -0.392 e. The number of benzene rings is 1. The highest BCUT2D eigenvalue weighted by atomic mass is 32.2. The predicted molar refractivity (Wildman–Crippen MR) is 85.5 cm³/mol. The number of para-hydroxylation sites is 1. The number of nitrogens with one attached hydrogen (secondary N) is 1. The summed E-state index contributed by atoms with van der Waals surface area (Å²) in [5.41, 5.74) is 0.845. The Hall–Kier alpha value is -1.60. The van der Waals surface area contributed by atoms with Crippen LogP contribution in [-0.2, 0) is 14.6 Å². The monoisotopic (exact) mass is 326 g/mol. The molecule has 0 radical (unpaired) electrons. The third-order valence-corrected chi connectivity index (χ3v) is 5.31. The molecule has 1 amide bonds. The number of carbonyl (C=O) groups excluding carboxylic acids is 1. The molecule has 22 heavy (non-hydrogen) atoms. The Kier molecular flexibility index (Phi) is 5.42. The molecule has 6 nitrogen and oxygen atoms in total. The van der Waals surface area contributed by atoms with Crippen molar-refractivity contribution in [2.24, 2.45) is 0 Å². The van der Waals surface area contributed by atoms with Gasteiger partial charge in [0.15, 0.2) is 9.84 Å². The molecule has 122 valence electrons. The number of rotatable bonds is 6. The van der Waals surface area contributed by atoms with Gasteiger partial charge in [0.05, 0.1) is 24.2 Å². The number of carbonyl (C=O) groups is 1. The number of aliphatic hydroxyl groups is 1. The van der Waals surface area contributed by atoms with Crippen molar-refractivity contribution in [1.29, 1.82) is 0 Å². The van der Waals surface area contributed by atoms with Crippen LogP contribution in [-0.4, -0.2) is 56.2 Å². The zero-order chi connectivity index (χ0) is 16.2. The van der Waals surface area contributed by atoms with Gasteiger partial charge in [-0.05, 0) is 25.5 Å². The molecular formula is C15H22N2O4S. The van der Waals surface area contributed by atoms with Crippen LogP contribution in [0.15, 0.2) is 30.3 Å². The fourth-order valence-electron chi connectivity index (χ4n) is 2.57. The third-order valence-electron chi connectivity index (χ3n) is 3.54. The highest BCUT2D eigenvalue weighted by Gasteiger charge is 2.29. The van der Waals surface area contributed by atoms with Crippen molar-refractivity contribution in [2.45, 2.75) is 25.5 Å². The van der Waals surface area contributed by atoms with Crippen LogP contribution in [0.25, 0.3) is 0 Å². The molecule has 7 heteroatoms. The summed E-state index contributed by atoms with van der Waals surface area (Å²) in [7, 11) is -3.01. The van der Waals surface area contributed by atoms with Crippen LogP contribution < -0.4 is 10.2 Å². The van der Waals surface area contributed by atoms with Crippen molar-refractivity contribution in [3.05, 3.63) is 30.3 Å². The number of aliphatic hydroxyl groups excluding tert-OH is 1. The fraction of sp³-hybridized carbons (Fsp3) is 0.533. The summed E-state index contributed by atoms with van der Waals surface area (Å²) in [6, 6.07) is 9.05. The van der Waals surface area contributed by atoms with Gasteiger partial charge < -0.3 is 15.3 Å². The van der Waals surface area contributed by atoms with Crippen molar-refractivity contribution < 1.29 is 18.3 Å². The summed E-state index contributed by atoms with van der Waals surface area (Å²) in [6.45, 7) is 2.09. The predicted octanol–water partition coefficient (Wildman–Crippen LogP) is 0.177. The van der Waals surface area contributed by atoms with Gasteiger partial charge in [0.2, 0.25) is 5.91 Å². The van der Waals surface area contributed by atoms with Crippen LogP contribution in [0.3, 0.4) is 0 Å². The van der Waals surface area contributed by atoms with E-state index in [9.17, 15) is 18.3 Å². The Morgan fingerprint density at radius 1 is 1.41 bits per heavy atom. The first-order valence-electron chi connectivity index (χ1n) is 7.33. The molecule has 1 fully saturated rings. The lowest BCUT2D eigenvalue weighted by molar-refractivity contribution is -0.120. The van der Waals surface area contributed by atoms with Crippen LogP contribution in [0.2, 0.25) is 0 Å². The first kappa shape index (κ1) is 16.8. The molecule has 1 saturated heterocycles. The number of nitrogens with zero attached hydrogens (tertiary/aromatic N) is 1. The Bertz CT molecular complexity index is 601. The lowest BCUT2D eigenvalue weighted by Crippen LogP contribution is -2.44. The lowest BCUT2D eigenvalue weighted by atomic mass is 10.2. The van der Waals surface area contributed by atoms with E-state index in [0.717, 1.165) is 5.69 Å². The standard InChI is InChI=1S/C15H22N2O4S/c1-12(18)9-17(14-5-3-2-4-6-14)10-15(19)16-13-7-8-22(20,21)11-13/h2-6,12-13,18H,7-11H2,1H3,(H,16,19)/t12-,13-/m1/s1. The fourth-order valence-corrected chi connectivity index (χ4v) is 4.25. The van der Waals surface area contributed by atoms with E-state index in [1.165, 1.54) is 0 Å². The van der Waals surface area contributed by atoms with E-state index < -0.39 is 15.9 Å². The van der Waals surface area contributed by atoms with Crippen molar-refractivity contribution in [2.75, 3.05) is 29.5 Å². The van der Waals surface area contributed by atoms with E-state index >= 15 is 0 Å². The van der Waals surface area contributed by atoms with Crippen LogP contribution in [0.1, 0.15) is 13.3 Å². The molecule has 2 N–H and O–H groups in total. The second kappa shape index (κ2) is 7.11. The molecule has 0 saturated carbocycles. The first-order valence-corrected chi connectivity index (χ1v) is 9.16. The van der Waals surface area contributed by atoms with Gasteiger partial charge in [-0.2, -0.15) is 0 Å². The van der Waals surface area contributed by atoms with E-state index in [-0.39, 0.29) is 30.0 Å². The summed E-state index contributed by atoms with van der Waals surface area (Å²) in [5.74, 6) is -0.0827. The summed E-state index contributed by atoms with van der Waals surface area (Å²) >= 11 is 0. The van der Waals surface area contributed by atoms with Gasteiger partial charge in [0, 0.05) is 18.3 Å². The number of amides is 1. The normalized spacial score (nSPS) is 21.3. The van der Waals surface area contributed by atoms with Crippen LogP contribution >= 0.6 is 0 Å². The molecule has 0 bridgehead atoms. The lowest BCUT2D eigenvalue weighted by Gasteiger charge is -2.26. The van der Waals surface area contributed by atoms with Crippen molar-refractivity contribution in [3.8, 4) is 0 Å². The van der Waals surface area contributed by atoms with Crippen LogP contribution in [0.5, 0.6) is 0 Å². The molecule has 1 heterocycles. The molecule has 1 aromatic rings. The Balaban J connectivity index is 1.97. The quantitative estimate of drug-likeness (QED) is 0.779. The molecule has 1 aromatic carbocycles. The summed E-state index contributed by atoms with van der Waals surface area (Å²) in [4.78, 5) is 13.9. The average Bonchev–Trinajstić information content (AvgIpc) is 2.77. The minimum atomic E-state index is -3.01. The van der Waals surface area contributed by atoms with E-state index in [1.54, 1.807) is 11.8 Å². The smallest absolute Gasteiger partial charge is 0.239 e. The number of hydrogen-bond donors (Lipinski definition) is 2. The van der Waals surface area contributed by atoms with E-state index in [2.05, 4.69) is 5.32 Å². The maximum absolute atomic E-state index is 12.1. The Morgan fingerprint density at radius 2 is 2.09 bits per heavy atom. The molecule has 0 unspecified atom stereocenters. The third kappa shape index (κ3) is 4.99. The molecule has 0 aromatic heterocycles. The van der Waals surface area contributed by atoms with Gasteiger partial charge >= 0.3 is 0 Å². The number of sulfone groups is 1. The summed E-state index contributed by atoms with van der Waals surface area (Å²) in [5, 5.41) is 12.4. The van der Waals surface area contributed by atoms with E-state index in [0.29, 0.717) is 13.0 Å². The SMILES string of the molecule is C[C@@H](O)CN(CC(=O)N[C@@H]1CCS(=O)(=O)C1)c1ccccc1. The Labute approximate surface area is 131 Å². The molecule has 2 atom stereocenters. The Morgan fingerprint density at radius 3 is 2.64 bits per heavy atom. The highest BCUT2D eigenvalue weighted by molar-refractivity contribution is 7.91. The van der Waals surface area contributed by atoms with Gasteiger partial charge in [-0.1, -0.05) is 18.2 Å². The maximum atomic E-state index is 12.1. The average molecular weight is 326 g/mol. The van der Waals surface area contributed by atoms with Crippen LogP contribution in [0.4, 0.5) is 5.69 Å². The molecule has 1 aliphatic rings. The van der Waals surface area contributed by atoms with Gasteiger partial charge in [-0.3, -0.25) is 4.79 Å². The molecule has 0 aliphatic carbocycles. The van der Waals surface area contributed by atoms with Gasteiger partial charge in [0.1, 0.15) is 0 Å². The van der Waals surface area contributed by atoms with Crippen molar-refractivity contribution in [3.63, 3.8) is 0 Å². The topological polar surface area (TPSA) is 86.7 Å². The zero-order valence-corrected chi connectivity index (χ0v) is 13.4. The van der Waals surface area contributed by atoms with Crippen LogP contribution in [0, 0.1) is 0 Å².